The van der Waals surface area contributed by atoms with Crippen LogP contribution in [-0.4, -0.2) is 17.3 Å². The van der Waals surface area contributed by atoms with E-state index >= 15 is 0 Å². The molecule has 0 saturated heterocycles. The molecule has 0 spiro atoms. The van der Waals surface area contributed by atoms with Gasteiger partial charge in [-0.1, -0.05) is 12.8 Å². The zero-order valence-corrected chi connectivity index (χ0v) is 10.3. The van der Waals surface area contributed by atoms with Gasteiger partial charge in [-0.15, -0.1) is 0 Å². The Morgan fingerprint density at radius 1 is 1.42 bits per heavy atom. The maximum absolute atomic E-state index is 13.5. The number of benzene rings is 1. The normalized spacial score (nSPS) is 15.4. The monoisotopic (exact) mass is 267 g/mol. The van der Waals surface area contributed by atoms with Crippen molar-refractivity contribution in [1.29, 1.82) is 0 Å². The molecule has 0 atom stereocenters. The molecule has 0 heterocycles. The van der Waals surface area contributed by atoms with Gasteiger partial charge in [0, 0.05) is 12.0 Å². The van der Waals surface area contributed by atoms with Crippen LogP contribution in [0.25, 0.3) is 0 Å². The third kappa shape index (κ3) is 3.27. The van der Waals surface area contributed by atoms with Gasteiger partial charge in [0.15, 0.2) is 17.3 Å². The second kappa shape index (κ2) is 5.77. The topological polar surface area (TPSA) is 69.4 Å². The lowest BCUT2D eigenvalue weighted by Gasteiger charge is -2.10. The first-order valence-corrected chi connectivity index (χ1v) is 6.17. The number of hydrogen-bond donors (Lipinski definition) is 0. The minimum absolute atomic E-state index is 0.0149. The summed E-state index contributed by atoms with van der Waals surface area (Å²) in [5.74, 6) is -0.971. The number of ketones is 1. The fraction of sp³-hybridized carbons (Fsp3) is 0.462. The number of carbonyl (C=O) groups is 1. The lowest BCUT2D eigenvalue weighted by molar-refractivity contribution is -0.385. The Kier molecular flexibility index (Phi) is 4.09. The summed E-state index contributed by atoms with van der Waals surface area (Å²) >= 11 is 0. The van der Waals surface area contributed by atoms with Crippen LogP contribution in [0.1, 0.15) is 25.7 Å². The van der Waals surface area contributed by atoms with Crippen LogP contribution in [0.5, 0.6) is 5.75 Å². The molecule has 0 amide bonds. The molecule has 0 aliphatic heterocycles. The molecule has 1 aromatic rings. The smallest absolute Gasteiger partial charge is 0.272 e. The molecular weight excluding hydrogens is 253 g/mol. The van der Waals surface area contributed by atoms with Crippen molar-refractivity contribution in [3.63, 3.8) is 0 Å². The van der Waals surface area contributed by atoms with Crippen LogP contribution < -0.4 is 4.74 Å². The Labute approximate surface area is 109 Å². The van der Waals surface area contributed by atoms with Gasteiger partial charge in [0.25, 0.3) is 5.69 Å². The van der Waals surface area contributed by atoms with Crippen molar-refractivity contribution in [3.05, 3.63) is 34.1 Å². The number of ether oxygens (including phenoxy) is 1. The van der Waals surface area contributed by atoms with Crippen LogP contribution in [-0.2, 0) is 4.79 Å². The first-order valence-electron chi connectivity index (χ1n) is 6.17. The van der Waals surface area contributed by atoms with Gasteiger partial charge >= 0.3 is 0 Å². The molecule has 2 rings (SSSR count). The summed E-state index contributed by atoms with van der Waals surface area (Å²) in [6, 6.07) is 3.11. The summed E-state index contributed by atoms with van der Waals surface area (Å²) in [5, 5.41) is 10.4. The van der Waals surface area contributed by atoms with Crippen LogP contribution >= 0.6 is 0 Å². The molecule has 6 heteroatoms. The SMILES string of the molecule is O=C(COc1ccc([N+](=O)[O-])cc1F)C1CCCC1. The van der Waals surface area contributed by atoms with Gasteiger partial charge in [-0.05, 0) is 18.9 Å². The summed E-state index contributed by atoms with van der Waals surface area (Å²) in [6.07, 6.45) is 3.82. The van der Waals surface area contributed by atoms with Crippen LogP contribution in [0.2, 0.25) is 0 Å². The maximum atomic E-state index is 13.5. The van der Waals surface area contributed by atoms with E-state index in [4.69, 9.17) is 4.74 Å². The summed E-state index contributed by atoms with van der Waals surface area (Å²) in [4.78, 5) is 21.5. The minimum atomic E-state index is -0.826. The lowest BCUT2D eigenvalue weighted by atomic mass is 10.0. The van der Waals surface area contributed by atoms with Gasteiger partial charge in [-0.3, -0.25) is 14.9 Å². The Morgan fingerprint density at radius 2 is 2.11 bits per heavy atom. The average molecular weight is 267 g/mol. The van der Waals surface area contributed by atoms with Gasteiger partial charge in [0.2, 0.25) is 0 Å². The van der Waals surface area contributed by atoms with Crippen molar-refractivity contribution in [1.82, 2.24) is 0 Å². The number of Topliss-reactive ketones (excluding diaryl/α,β-unsaturated/α-hetero) is 1. The van der Waals surface area contributed by atoms with Crippen molar-refractivity contribution in [2.45, 2.75) is 25.7 Å². The molecular formula is C13H14FNO4. The molecule has 5 nitrogen and oxygen atoms in total. The predicted molar refractivity (Wildman–Crippen MR) is 65.5 cm³/mol. The van der Waals surface area contributed by atoms with Crippen molar-refractivity contribution >= 4 is 11.5 Å². The largest absolute Gasteiger partial charge is 0.483 e. The van der Waals surface area contributed by atoms with Gasteiger partial charge in [-0.2, -0.15) is 0 Å². The number of non-ortho nitro benzene ring substituents is 1. The quantitative estimate of drug-likeness (QED) is 0.607. The van der Waals surface area contributed by atoms with Crippen LogP contribution in [0.4, 0.5) is 10.1 Å². The van der Waals surface area contributed by atoms with E-state index in [1.54, 1.807) is 0 Å². The number of nitro benzene ring substituents is 1. The molecule has 1 fully saturated rings. The zero-order chi connectivity index (χ0) is 13.8. The van der Waals surface area contributed by atoms with Crippen molar-refractivity contribution in [3.8, 4) is 5.75 Å². The predicted octanol–water partition coefficient (Wildman–Crippen LogP) is 2.87. The van der Waals surface area contributed by atoms with Gasteiger partial charge < -0.3 is 4.74 Å². The summed E-state index contributed by atoms with van der Waals surface area (Å²) in [6.45, 7) is -0.181. The molecule has 1 aromatic carbocycles. The van der Waals surface area contributed by atoms with E-state index in [9.17, 15) is 19.3 Å². The van der Waals surface area contributed by atoms with Gasteiger partial charge in [-0.25, -0.2) is 4.39 Å². The molecule has 0 unspecified atom stereocenters. The Bertz CT molecular complexity index is 497. The molecule has 0 N–H and O–H groups in total. The second-order valence-electron chi connectivity index (χ2n) is 4.61. The van der Waals surface area contributed by atoms with Gasteiger partial charge in [0.05, 0.1) is 11.0 Å². The average Bonchev–Trinajstić information content (AvgIpc) is 2.90. The first-order chi connectivity index (χ1) is 9.08. The van der Waals surface area contributed by atoms with E-state index < -0.39 is 10.7 Å². The molecule has 19 heavy (non-hydrogen) atoms. The first kappa shape index (κ1) is 13.5. The van der Waals surface area contributed by atoms with Crippen LogP contribution in [0.3, 0.4) is 0 Å². The number of nitro groups is 1. The summed E-state index contributed by atoms with van der Waals surface area (Å²) in [7, 11) is 0. The molecule has 1 aliphatic carbocycles. The number of carbonyl (C=O) groups excluding carboxylic acids is 1. The molecule has 1 saturated carbocycles. The fourth-order valence-corrected chi connectivity index (χ4v) is 2.23. The van der Waals surface area contributed by atoms with E-state index in [1.165, 1.54) is 6.07 Å². The van der Waals surface area contributed by atoms with Crippen molar-refractivity contribution in [2.24, 2.45) is 5.92 Å². The van der Waals surface area contributed by atoms with E-state index in [0.29, 0.717) is 0 Å². The maximum Gasteiger partial charge on any atom is 0.272 e. The number of halogens is 1. The second-order valence-corrected chi connectivity index (χ2v) is 4.61. The van der Waals surface area contributed by atoms with E-state index in [1.807, 2.05) is 0 Å². The standard InChI is InChI=1S/C13H14FNO4/c14-11-7-10(15(17)18)5-6-13(11)19-8-12(16)9-3-1-2-4-9/h5-7,9H,1-4,8H2. The molecule has 1 aliphatic rings. The van der Waals surface area contributed by atoms with Crippen LogP contribution in [0.15, 0.2) is 18.2 Å². The Balaban J connectivity index is 1.95. The summed E-state index contributed by atoms with van der Waals surface area (Å²) in [5.41, 5.74) is -0.341. The number of hydrogen-bond acceptors (Lipinski definition) is 4. The number of nitrogens with zero attached hydrogens (tertiary/aromatic N) is 1. The van der Waals surface area contributed by atoms with Gasteiger partial charge in [0.1, 0.15) is 6.61 Å². The Morgan fingerprint density at radius 3 is 2.68 bits per heavy atom. The Hall–Kier alpha value is -1.98. The number of rotatable bonds is 5. The minimum Gasteiger partial charge on any atom is -0.483 e. The molecule has 0 bridgehead atoms. The highest BCUT2D eigenvalue weighted by molar-refractivity contribution is 5.82. The lowest BCUT2D eigenvalue weighted by Crippen LogP contribution is -2.19. The van der Waals surface area contributed by atoms with E-state index in [2.05, 4.69) is 0 Å². The fourth-order valence-electron chi connectivity index (χ4n) is 2.23. The zero-order valence-electron chi connectivity index (χ0n) is 10.3. The third-order valence-corrected chi connectivity index (χ3v) is 3.31. The van der Waals surface area contributed by atoms with Crippen molar-refractivity contribution < 1.29 is 18.8 Å². The highest BCUT2D eigenvalue weighted by Crippen LogP contribution is 2.26. The molecule has 102 valence electrons. The summed E-state index contributed by atoms with van der Waals surface area (Å²) < 4.78 is 18.6. The van der Waals surface area contributed by atoms with E-state index in [0.717, 1.165) is 37.8 Å². The molecule has 0 aromatic heterocycles. The van der Waals surface area contributed by atoms with Crippen molar-refractivity contribution in [2.75, 3.05) is 6.61 Å². The third-order valence-electron chi connectivity index (χ3n) is 3.31. The molecule has 0 radical (unpaired) electrons. The van der Waals surface area contributed by atoms with Crippen LogP contribution in [0, 0.1) is 21.8 Å². The highest BCUT2D eigenvalue weighted by Gasteiger charge is 2.23. The highest BCUT2D eigenvalue weighted by atomic mass is 19.1. The van der Waals surface area contributed by atoms with E-state index in [-0.39, 0.29) is 29.7 Å².